The molecule has 0 bridgehead atoms. The maximum atomic E-state index is 13.9. The second-order valence-corrected chi connectivity index (χ2v) is 10.8. The summed E-state index contributed by atoms with van der Waals surface area (Å²) in [7, 11) is 0. The van der Waals surface area contributed by atoms with Gasteiger partial charge in [0.15, 0.2) is 11.6 Å². The normalized spacial score (nSPS) is 24.9. The summed E-state index contributed by atoms with van der Waals surface area (Å²) >= 11 is 0. The number of aryl methyl sites for hydroxylation is 1. The average Bonchev–Trinajstić information content (AvgIpc) is 2.88. The SMILES string of the molecule is C=C(C)C1Cc2c(O)c3c(c(C#N)c2[C@@H](OC2CCC(C)CC2)C1)C(=O)c1c(CC)cccc1C3=O. The number of carbonyl (C=O) groups is 2. The summed E-state index contributed by atoms with van der Waals surface area (Å²) in [4.78, 5) is 27.6. The molecule has 2 aromatic rings. The number of benzene rings is 2. The number of phenols is 1. The summed E-state index contributed by atoms with van der Waals surface area (Å²) in [6.45, 7) is 10.3. The molecule has 1 fully saturated rings. The lowest BCUT2D eigenvalue weighted by Gasteiger charge is -2.38. The van der Waals surface area contributed by atoms with Gasteiger partial charge in [-0.1, -0.05) is 44.2 Å². The van der Waals surface area contributed by atoms with Gasteiger partial charge >= 0.3 is 0 Å². The molecule has 3 aliphatic carbocycles. The molecule has 0 saturated heterocycles. The van der Waals surface area contributed by atoms with E-state index >= 15 is 0 Å². The van der Waals surface area contributed by atoms with Crippen molar-refractivity contribution < 1.29 is 19.4 Å². The first kappa shape index (κ1) is 24.5. The Morgan fingerprint density at radius 1 is 1.14 bits per heavy atom. The molecule has 0 amide bonds. The number of carbonyl (C=O) groups excluding carboxylic acids is 2. The number of nitrogens with zero attached hydrogens (tertiary/aromatic N) is 1. The minimum absolute atomic E-state index is 0.0341. The van der Waals surface area contributed by atoms with Crippen molar-refractivity contribution in [3.05, 3.63) is 74.9 Å². The second kappa shape index (κ2) is 9.33. The van der Waals surface area contributed by atoms with E-state index in [1.54, 1.807) is 12.1 Å². The Kier molecular flexibility index (Phi) is 6.34. The summed E-state index contributed by atoms with van der Waals surface area (Å²) in [5.74, 6) is -0.216. The number of fused-ring (bicyclic) bond motifs is 3. The molecule has 0 radical (unpaired) electrons. The Hall–Kier alpha value is -3.23. The van der Waals surface area contributed by atoms with Gasteiger partial charge in [0.05, 0.1) is 28.9 Å². The van der Waals surface area contributed by atoms with Gasteiger partial charge in [-0.2, -0.15) is 5.26 Å². The maximum Gasteiger partial charge on any atom is 0.198 e. The summed E-state index contributed by atoms with van der Waals surface area (Å²) in [5.41, 5.74) is 3.70. The molecule has 36 heavy (non-hydrogen) atoms. The highest BCUT2D eigenvalue weighted by atomic mass is 16.5. The average molecular weight is 484 g/mol. The molecule has 2 aromatic carbocycles. The van der Waals surface area contributed by atoms with Crippen LogP contribution in [0.3, 0.4) is 0 Å². The van der Waals surface area contributed by atoms with Crippen molar-refractivity contribution in [1.82, 2.24) is 0 Å². The first-order valence-electron chi connectivity index (χ1n) is 13.1. The third-order valence-corrected chi connectivity index (χ3v) is 8.47. The second-order valence-electron chi connectivity index (χ2n) is 10.8. The molecule has 0 aromatic heterocycles. The molecule has 5 rings (SSSR count). The van der Waals surface area contributed by atoms with Gasteiger partial charge in [0.2, 0.25) is 0 Å². The van der Waals surface area contributed by atoms with Gasteiger partial charge in [0.25, 0.3) is 0 Å². The number of ether oxygens (including phenoxy) is 1. The third-order valence-electron chi connectivity index (χ3n) is 8.47. The molecule has 186 valence electrons. The standard InChI is InChI=1S/C31H33NO4/c1-5-18-7-6-8-21-25(18)31(35)27-23(15-32)26-22(30(34)28(27)29(21)33)13-19(16(2)3)14-24(26)36-20-11-9-17(4)10-12-20/h6-8,17,19-20,24,34H,2,5,9-14H2,1,3-4H3/t17?,19?,20?,24-/m0/s1. The molecule has 0 heterocycles. The Labute approximate surface area is 212 Å². The van der Waals surface area contributed by atoms with E-state index in [-0.39, 0.29) is 40.2 Å². The van der Waals surface area contributed by atoms with Crippen LogP contribution < -0.4 is 0 Å². The zero-order valence-corrected chi connectivity index (χ0v) is 21.3. The van der Waals surface area contributed by atoms with Crippen molar-refractivity contribution in [2.45, 2.75) is 77.9 Å². The molecular formula is C31H33NO4. The molecule has 5 nitrogen and oxygen atoms in total. The largest absolute Gasteiger partial charge is 0.507 e. The van der Waals surface area contributed by atoms with Crippen LogP contribution in [-0.4, -0.2) is 22.8 Å². The van der Waals surface area contributed by atoms with Crippen LogP contribution in [0.4, 0.5) is 0 Å². The van der Waals surface area contributed by atoms with Gasteiger partial charge in [-0.05, 0) is 69.3 Å². The van der Waals surface area contributed by atoms with Crippen molar-refractivity contribution >= 4 is 11.6 Å². The van der Waals surface area contributed by atoms with Crippen molar-refractivity contribution in [3.63, 3.8) is 0 Å². The molecule has 5 heteroatoms. The Bertz CT molecular complexity index is 1320. The number of aromatic hydroxyl groups is 1. The first-order valence-corrected chi connectivity index (χ1v) is 13.1. The topological polar surface area (TPSA) is 87.4 Å². The third kappa shape index (κ3) is 3.79. The lowest BCUT2D eigenvalue weighted by molar-refractivity contribution is -0.0493. The molecule has 0 spiro atoms. The fourth-order valence-electron chi connectivity index (χ4n) is 6.35. The number of hydrogen-bond donors (Lipinski definition) is 1. The predicted molar refractivity (Wildman–Crippen MR) is 137 cm³/mol. The smallest absolute Gasteiger partial charge is 0.198 e. The van der Waals surface area contributed by atoms with Crippen molar-refractivity contribution in [3.8, 4) is 11.8 Å². The van der Waals surface area contributed by atoms with Crippen LogP contribution in [0.15, 0.2) is 30.4 Å². The van der Waals surface area contributed by atoms with Crippen LogP contribution in [0.1, 0.15) is 113 Å². The lowest BCUT2D eigenvalue weighted by Crippen LogP contribution is -2.31. The number of nitriles is 1. The van der Waals surface area contributed by atoms with Gasteiger partial charge in [0.1, 0.15) is 11.8 Å². The van der Waals surface area contributed by atoms with Gasteiger partial charge in [-0.15, -0.1) is 0 Å². The fraction of sp³-hybridized carbons (Fsp3) is 0.452. The summed E-state index contributed by atoms with van der Waals surface area (Å²) in [5, 5.41) is 21.9. The van der Waals surface area contributed by atoms with E-state index in [2.05, 4.69) is 19.6 Å². The fourth-order valence-corrected chi connectivity index (χ4v) is 6.35. The molecular weight excluding hydrogens is 450 g/mol. The van der Waals surface area contributed by atoms with E-state index in [9.17, 15) is 20.0 Å². The number of rotatable bonds is 4. The number of ketones is 2. The van der Waals surface area contributed by atoms with E-state index in [0.29, 0.717) is 47.4 Å². The van der Waals surface area contributed by atoms with Crippen LogP contribution in [0.2, 0.25) is 0 Å². The number of allylic oxidation sites excluding steroid dienone is 1. The Morgan fingerprint density at radius 2 is 1.86 bits per heavy atom. The quantitative estimate of drug-likeness (QED) is 0.435. The number of hydrogen-bond acceptors (Lipinski definition) is 5. The van der Waals surface area contributed by atoms with Crippen LogP contribution in [0.25, 0.3) is 0 Å². The van der Waals surface area contributed by atoms with E-state index in [1.807, 2.05) is 19.9 Å². The van der Waals surface area contributed by atoms with Gasteiger partial charge in [-0.3, -0.25) is 9.59 Å². The Balaban J connectivity index is 1.71. The van der Waals surface area contributed by atoms with Crippen molar-refractivity contribution in [2.24, 2.45) is 11.8 Å². The van der Waals surface area contributed by atoms with E-state index in [0.717, 1.165) is 36.8 Å². The molecule has 2 atom stereocenters. The molecule has 1 saturated carbocycles. The minimum atomic E-state index is -0.439. The van der Waals surface area contributed by atoms with Crippen LogP contribution in [-0.2, 0) is 17.6 Å². The minimum Gasteiger partial charge on any atom is -0.507 e. The van der Waals surface area contributed by atoms with Crippen LogP contribution in [0.5, 0.6) is 5.75 Å². The highest BCUT2D eigenvalue weighted by Gasteiger charge is 2.43. The maximum absolute atomic E-state index is 13.9. The summed E-state index contributed by atoms with van der Waals surface area (Å²) in [6, 6.07) is 7.50. The highest BCUT2D eigenvalue weighted by Crippen LogP contribution is 2.49. The van der Waals surface area contributed by atoms with E-state index < -0.39 is 11.9 Å². The van der Waals surface area contributed by atoms with E-state index in [1.165, 1.54) is 0 Å². The zero-order valence-electron chi connectivity index (χ0n) is 21.3. The van der Waals surface area contributed by atoms with Gasteiger partial charge in [0, 0.05) is 22.3 Å². The summed E-state index contributed by atoms with van der Waals surface area (Å²) < 4.78 is 6.65. The van der Waals surface area contributed by atoms with Crippen LogP contribution in [0, 0.1) is 23.2 Å². The van der Waals surface area contributed by atoms with Crippen LogP contribution >= 0.6 is 0 Å². The Morgan fingerprint density at radius 3 is 2.50 bits per heavy atom. The van der Waals surface area contributed by atoms with Gasteiger partial charge in [-0.25, -0.2) is 0 Å². The zero-order chi connectivity index (χ0) is 25.7. The predicted octanol–water partition coefficient (Wildman–Crippen LogP) is 6.38. The highest BCUT2D eigenvalue weighted by molar-refractivity contribution is 6.30. The van der Waals surface area contributed by atoms with Crippen molar-refractivity contribution in [2.75, 3.05) is 0 Å². The monoisotopic (exact) mass is 483 g/mol. The molecule has 1 unspecified atom stereocenters. The van der Waals surface area contributed by atoms with Crippen molar-refractivity contribution in [1.29, 1.82) is 5.26 Å². The van der Waals surface area contributed by atoms with Gasteiger partial charge < -0.3 is 9.84 Å². The lowest BCUT2D eigenvalue weighted by atomic mass is 9.71. The first-order chi connectivity index (χ1) is 17.3. The number of phenolic OH excluding ortho intramolecular Hbond substituents is 1. The van der Waals surface area contributed by atoms with E-state index in [4.69, 9.17) is 4.74 Å². The molecule has 3 aliphatic rings. The molecule has 0 aliphatic heterocycles. The molecule has 1 N–H and O–H groups in total. The summed E-state index contributed by atoms with van der Waals surface area (Å²) in [6.07, 6.45) is 5.41.